The highest BCUT2D eigenvalue weighted by atomic mass is 32.2. The van der Waals surface area contributed by atoms with Crippen LogP contribution >= 0.6 is 23.5 Å². The van der Waals surface area contributed by atoms with Gasteiger partial charge >= 0.3 is 0 Å². The Balaban J connectivity index is 2.92. The largest absolute Gasteiger partial charge is 0.259 e. The fourth-order valence-electron chi connectivity index (χ4n) is 1.06. The van der Waals surface area contributed by atoms with Crippen molar-refractivity contribution in [3.05, 3.63) is 29.6 Å². The van der Waals surface area contributed by atoms with Crippen molar-refractivity contribution < 1.29 is 0 Å². The average molecular weight is 199 g/mol. The second-order valence-electron chi connectivity index (χ2n) is 2.51. The molecule has 0 N–H and O–H groups in total. The van der Waals surface area contributed by atoms with Crippen LogP contribution in [0.4, 0.5) is 0 Å². The summed E-state index contributed by atoms with van der Waals surface area (Å²) in [5, 5.41) is 0. The monoisotopic (exact) mass is 199 g/mol. The number of pyridine rings is 1. The van der Waals surface area contributed by atoms with Crippen LogP contribution < -0.4 is 0 Å². The summed E-state index contributed by atoms with van der Waals surface area (Å²) in [5.74, 6) is 0. The Labute approximate surface area is 82.4 Å². The zero-order valence-corrected chi connectivity index (χ0v) is 9.21. The molecule has 0 amide bonds. The molecule has 12 heavy (non-hydrogen) atoms. The molecule has 66 valence electrons. The Morgan fingerprint density at radius 2 is 2.00 bits per heavy atom. The number of aromatic nitrogens is 1. The lowest BCUT2D eigenvalue weighted by molar-refractivity contribution is 1.12. The van der Waals surface area contributed by atoms with Gasteiger partial charge in [0.05, 0.1) is 10.3 Å². The summed E-state index contributed by atoms with van der Waals surface area (Å²) in [6, 6.07) is 4.10. The summed E-state index contributed by atoms with van der Waals surface area (Å²) >= 11 is 3.68. The van der Waals surface area contributed by atoms with Gasteiger partial charge < -0.3 is 0 Å². The van der Waals surface area contributed by atoms with Crippen LogP contribution in [0, 0.1) is 6.92 Å². The second kappa shape index (κ2) is 4.77. The lowest BCUT2D eigenvalue weighted by Crippen LogP contribution is -1.95. The number of thioether (sulfide) groups is 2. The van der Waals surface area contributed by atoms with E-state index >= 15 is 0 Å². The Morgan fingerprint density at radius 3 is 2.50 bits per heavy atom. The van der Waals surface area contributed by atoms with E-state index < -0.39 is 0 Å². The standard InChI is InChI=1S/C9H13NS2/c1-7-5-4-6-10-8(7)9(11-2)12-3/h4-6,9H,1-3H3. The second-order valence-corrected chi connectivity index (χ2v) is 4.69. The number of hydrogen-bond acceptors (Lipinski definition) is 3. The first-order valence-electron chi connectivity index (χ1n) is 3.76. The topological polar surface area (TPSA) is 12.9 Å². The summed E-state index contributed by atoms with van der Waals surface area (Å²) in [4.78, 5) is 4.38. The fourth-order valence-corrected chi connectivity index (χ4v) is 2.77. The fraction of sp³-hybridized carbons (Fsp3) is 0.444. The zero-order valence-electron chi connectivity index (χ0n) is 7.57. The predicted octanol–water partition coefficient (Wildman–Crippen LogP) is 3.11. The van der Waals surface area contributed by atoms with Gasteiger partial charge in [0.1, 0.15) is 0 Å². The number of hydrogen-bond donors (Lipinski definition) is 0. The summed E-state index contributed by atoms with van der Waals surface area (Å²) in [6.45, 7) is 2.11. The maximum atomic E-state index is 4.38. The molecule has 0 aliphatic rings. The van der Waals surface area contributed by atoms with Crippen molar-refractivity contribution in [2.24, 2.45) is 0 Å². The van der Waals surface area contributed by atoms with Crippen LogP contribution in [0.2, 0.25) is 0 Å². The van der Waals surface area contributed by atoms with Gasteiger partial charge in [-0.05, 0) is 31.1 Å². The Kier molecular flexibility index (Phi) is 3.95. The quantitative estimate of drug-likeness (QED) is 0.694. The van der Waals surface area contributed by atoms with Gasteiger partial charge in [-0.15, -0.1) is 23.5 Å². The maximum Gasteiger partial charge on any atom is 0.0919 e. The molecule has 1 heterocycles. The third-order valence-electron chi connectivity index (χ3n) is 1.70. The molecule has 0 atom stereocenters. The van der Waals surface area contributed by atoms with E-state index in [4.69, 9.17) is 0 Å². The van der Waals surface area contributed by atoms with Gasteiger partial charge in [-0.25, -0.2) is 0 Å². The minimum atomic E-state index is 0.478. The summed E-state index contributed by atoms with van der Waals surface area (Å²) in [5.41, 5.74) is 2.49. The zero-order chi connectivity index (χ0) is 8.97. The molecule has 0 radical (unpaired) electrons. The van der Waals surface area contributed by atoms with Gasteiger partial charge in [-0.1, -0.05) is 6.07 Å². The van der Waals surface area contributed by atoms with Gasteiger partial charge in [0.2, 0.25) is 0 Å². The van der Waals surface area contributed by atoms with Gasteiger partial charge in [-0.2, -0.15) is 0 Å². The molecule has 0 spiro atoms. The van der Waals surface area contributed by atoms with Crippen LogP contribution in [-0.2, 0) is 0 Å². The highest BCUT2D eigenvalue weighted by Crippen LogP contribution is 2.35. The highest BCUT2D eigenvalue weighted by Gasteiger charge is 2.10. The van der Waals surface area contributed by atoms with E-state index in [2.05, 4.69) is 30.5 Å². The number of aryl methyl sites for hydroxylation is 1. The molecule has 1 nitrogen and oxygen atoms in total. The molecule has 0 saturated carbocycles. The molecule has 0 fully saturated rings. The Morgan fingerprint density at radius 1 is 1.33 bits per heavy atom. The molecule has 0 bridgehead atoms. The molecule has 0 aliphatic carbocycles. The third-order valence-corrected chi connectivity index (χ3v) is 4.16. The first-order chi connectivity index (χ1) is 5.79. The van der Waals surface area contributed by atoms with Gasteiger partial charge in [0.15, 0.2) is 0 Å². The Bertz CT molecular complexity index is 246. The van der Waals surface area contributed by atoms with Crippen molar-refractivity contribution in [1.82, 2.24) is 4.98 Å². The van der Waals surface area contributed by atoms with E-state index in [1.807, 2.05) is 35.8 Å². The molecular weight excluding hydrogens is 186 g/mol. The summed E-state index contributed by atoms with van der Waals surface area (Å²) in [7, 11) is 0. The van der Waals surface area contributed by atoms with Crippen LogP contribution in [-0.4, -0.2) is 17.5 Å². The molecule has 1 aromatic heterocycles. The van der Waals surface area contributed by atoms with Gasteiger partial charge in [-0.3, -0.25) is 4.98 Å². The maximum absolute atomic E-state index is 4.38. The van der Waals surface area contributed by atoms with Crippen LogP contribution in [0.1, 0.15) is 15.8 Å². The minimum absolute atomic E-state index is 0.478. The molecule has 1 aromatic rings. The van der Waals surface area contributed by atoms with Crippen LogP contribution in [0.5, 0.6) is 0 Å². The normalized spacial score (nSPS) is 10.7. The van der Waals surface area contributed by atoms with Crippen molar-refractivity contribution in [3.63, 3.8) is 0 Å². The SMILES string of the molecule is CSC(SC)c1ncccc1C. The van der Waals surface area contributed by atoms with E-state index in [-0.39, 0.29) is 0 Å². The van der Waals surface area contributed by atoms with Gasteiger partial charge in [0.25, 0.3) is 0 Å². The van der Waals surface area contributed by atoms with E-state index in [0.717, 1.165) is 0 Å². The van der Waals surface area contributed by atoms with Crippen molar-refractivity contribution in [2.45, 2.75) is 11.5 Å². The molecule has 0 aromatic carbocycles. The van der Waals surface area contributed by atoms with E-state index in [9.17, 15) is 0 Å². The molecule has 1 rings (SSSR count). The van der Waals surface area contributed by atoms with Crippen molar-refractivity contribution in [1.29, 1.82) is 0 Å². The minimum Gasteiger partial charge on any atom is -0.259 e. The van der Waals surface area contributed by atoms with Crippen molar-refractivity contribution >= 4 is 23.5 Å². The van der Waals surface area contributed by atoms with E-state index in [0.29, 0.717) is 4.58 Å². The number of nitrogens with zero attached hydrogens (tertiary/aromatic N) is 1. The van der Waals surface area contributed by atoms with Crippen LogP contribution in [0.15, 0.2) is 18.3 Å². The third kappa shape index (κ3) is 2.17. The summed E-state index contributed by atoms with van der Waals surface area (Å²) in [6.07, 6.45) is 6.10. The van der Waals surface area contributed by atoms with Crippen LogP contribution in [0.25, 0.3) is 0 Å². The van der Waals surface area contributed by atoms with Crippen molar-refractivity contribution in [2.75, 3.05) is 12.5 Å². The van der Waals surface area contributed by atoms with E-state index in [1.165, 1.54) is 11.3 Å². The van der Waals surface area contributed by atoms with Crippen LogP contribution in [0.3, 0.4) is 0 Å². The smallest absolute Gasteiger partial charge is 0.0919 e. The average Bonchev–Trinajstić information content (AvgIpc) is 2.10. The first kappa shape index (κ1) is 9.93. The first-order valence-corrected chi connectivity index (χ1v) is 6.34. The number of rotatable bonds is 3. The highest BCUT2D eigenvalue weighted by molar-refractivity contribution is 8.15. The Hall–Kier alpha value is -0.150. The van der Waals surface area contributed by atoms with Crippen molar-refractivity contribution in [3.8, 4) is 0 Å². The lowest BCUT2D eigenvalue weighted by Gasteiger charge is -2.12. The molecule has 0 saturated heterocycles. The predicted molar refractivity (Wildman–Crippen MR) is 58.7 cm³/mol. The molecular formula is C9H13NS2. The lowest BCUT2D eigenvalue weighted by atomic mass is 10.2. The van der Waals surface area contributed by atoms with Gasteiger partial charge in [0, 0.05) is 6.20 Å². The molecule has 0 aliphatic heterocycles. The van der Waals surface area contributed by atoms with E-state index in [1.54, 1.807) is 0 Å². The summed E-state index contributed by atoms with van der Waals surface area (Å²) < 4.78 is 0.478. The molecule has 0 unspecified atom stereocenters. The molecule has 3 heteroatoms.